The Kier molecular flexibility index (Phi) is 7.94. The number of nitrogen functional groups attached to an aromatic ring is 1. The Balaban J connectivity index is 0.000000209. The van der Waals surface area contributed by atoms with Gasteiger partial charge in [0.05, 0.1) is 6.20 Å². The van der Waals surface area contributed by atoms with Crippen LogP contribution in [-0.2, 0) is 11.8 Å². The van der Waals surface area contributed by atoms with E-state index in [0.29, 0.717) is 17.9 Å². The molecule has 11 heteroatoms. The Bertz CT molecular complexity index is 1480. The number of pyridine rings is 1. The van der Waals surface area contributed by atoms with Gasteiger partial charge in [-0.05, 0) is 47.3 Å². The van der Waals surface area contributed by atoms with E-state index in [1.165, 1.54) is 24.3 Å². The molecule has 0 saturated carbocycles. The minimum Gasteiger partial charge on any atom is -0.435 e. The minimum absolute atomic E-state index is 0.0615. The van der Waals surface area contributed by atoms with Gasteiger partial charge in [0.25, 0.3) is 0 Å². The van der Waals surface area contributed by atoms with E-state index in [9.17, 15) is 13.6 Å². The molecule has 8 nitrogen and oxygen atoms in total. The highest BCUT2D eigenvalue weighted by Gasteiger charge is 2.15. The van der Waals surface area contributed by atoms with Gasteiger partial charge < -0.3 is 21.1 Å². The maximum Gasteiger partial charge on any atom is 0.387 e. The van der Waals surface area contributed by atoms with Gasteiger partial charge in [0.1, 0.15) is 11.6 Å². The first-order valence-electron chi connectivity index (χ1n) is 11.1. The van der Waals surface area contributed by atoms with Gasteiger partial charge in [0.15, 0.2) is 0 Å². The number of aryl methyl sites for hydroxylation is 1. The molecule has 5 aromatic rings. The monoisotopic (exact) mass is 522 g/mol. The lowest BCUT2D eigenvalue weighted by atomic mass is 10.0. The fraction of sp³-hybridized carbons (Fsp3) is 0.115. The van der Waals surface area contributed by atoms with Crippen LogP contribution < -0.4 is 21.1 Å². The second-order valence-electron chi connectivity index (χ2n) is 7.81. The number of carbonyl (C=O) groups is 1. The van der Waals surface area contributed by atoms with Crippen LogP contribution in [-0.4, -0.2) is 34.8 Å². The fourth-order valence-corrected chi connectivity index (χ4v) is 4.78. The van der Waals surface area contributed by atoms with Gasteiger partial charge in [-0.15, -0.1) is 11.3 Å². The molecule has 0 saturated heterocycles. The van der Waals surface area contributed by atoms with Crippen LogP contribution in [0.3, 0.4) is 0 Å². The van der Waals surface area contributed by atoms with Gasteiger partial charge >= 0.3 is 6.61 Å². The van der Waals surface area contributed by atoms with Crippen LogP contribution in [0.1, 0.15) is 0 Å². The quantitative estimate of drug-likeness (QED) is 0.232. The Morgan fingerprint density at radius 2 is 1.73 bits per heavy atom. The molecule has 3 aromatic heterocycles. The summed E-state index contributed by atoms with van der Waals surface area (Å²) in [5.41, 5.74) is 12.2. The number of ether oxygens (including phenoxy) is 1. The second-order valence-corrected chi connectivity index (χ2v) is 8.69. The first-order valence-corrected chi connectivity index (χ1v) is 12.0. The molecule has 1 amide bonds. The third-order valence-corrected chi connectivity index (χ3v) is 6.44. The number of benzene rings is 2. The summed E-state index contributed by atoms with van der Waals surface area (Å²) in [5.74, 6) is 0.623. The summed E-state index contributed by atoms with van der Waals surface area (Å²) in [5, 5.41) is 12.9. The fourth-order valence-electron chi connectivity index (χ4n) is 3.66. The third kappa shape index (κ3) is 6.01. The number of nitrogens with zero attached hydrogens (tertiary/aromatic N) is 3. The maximum absolute atomic E-state index is 11.7. The maximum atomic E-state index is 11.7. The van der Waals surface area contributed by atoms with E-state index in [-0.39, 0.29) is 5.75 Å². The Morgan fingerprint density at radius 3 is 2.32 bits per heavy atom. The summed E-state index contributed by atoms with van der Waals surface area (Å²) in [6, 6.07) is 13.9. The number of carbonyl (C=O) groups excluding carboxylic acids is 1. The lowest BCUT2D eigenvalue weighted by Crippen LogP contribution is -2.01. The average molecular weight is 523 g/mol. The lowest BCUT2D eigenvalue weighted by Gasteiger charge is -2.06. The number of anilines is 3. The predicted octanol–water partition coefficient (Wildman–Crippen LogP) is 5.84. The summed E-state index contributed by atoms with van der Waals surface area (Å²) >= 11 is 1.69. The van der Waals surface area contributed by atoms with Crippen molar-refractivity contribution in [3.05, 3.63) is 72.5 Å². The molecule has 0 radical (unpaired) electrons. The Labute approximate surface area is 215 Å². The number of alkyl halides is 2. The molecule has 37 heavy (non-hydrogen) atoms. The number of halogens is 2. The molecule has 0 fully saturated rings. The molecule has 0 aliphatic heterocycles. The van der Waals surface area contributed by atoms with Crippen LogP contribution in [0.25, 0.3) is 32.3 Å². The highest BCUT2D eigenvalue weighted by atomic mass is 32.1. The van der Waals surface area contributed by atoms with E-state index in [0.717, 1.165) is 38.0 Å². The Morgan fingerprint density at radius 1 is 1.03 bits per heavy atom. The van der Waals surface area contributed by atoms with Gasteiger partial charge in [0.2, 0.25) is 6.41 Å². The van der Waals surface area contributed by atoms with E-state index in [4.69, 9.17) is 5.73 Å². The number of hydrogen-bond donors (Lipinski definition) is 3. The molecule has 0 bridgehead atoms. The third-order valence-electron chi connectivity index (χ3n) is 5.43. The van der Waals surface area contributed by atoms with E-state index >= 15 is 0 Å². The largest absolute Gasteiger partial charge is 0.435 e. The summed E-state index contributed by atoms with van der Waals surface area (Å²) in [6.07, 6.45) is 6.18. The van der Waals surface area contributed by atoms with Gasteiger partial charge in [0, 0.05) is 64.6 Å². The molecule has 0 aliphatic carbocycles. The summed E-state index contributed by atoms with van der Waals surface area (Å²) in [7, 11) is 3.83. The van der Waals surface area contributed by atoms with Crippen molar-refractivity contribution >= 4 is 45.0 Å². The van der Waals surface area contributed by atoms with E-state index < -0.39 is 6.61 Å². The molecule has 4 N–H and O–H groups in total. The highest BCUT2D eigenvalue weighted by molar-refractivity contribution is 7.18. The van der Waals surface area contributed by atoms with Gasteiger partial charge in [-0.3, -0.25) is 9.48 Å². The van der Waals surface area contributed by atoms with Crippen molar-refractivity contribution in [2.45, 2.75) is 6.61 Å². The average Bonchev–Trinajstić information content (AvgIpc) is 3.53. The van der Waals surface area contributed by atoms with Crippen molar-refractivity contribution in [3.8, 4) is 28.0 Å². The van der Waals surface area contributed by atoms with Crippen molar-refractivity contribution in [2.75, 3.05) is 23.4 Å². The normalized spacial score (nSPS) is 10.6. The zero-order chi connectivity index (χ0) is 26.4. The molecular weight excluding hydrogens is 498 g/mol. The van der Waals surface area contributed by atoms with Gasteiger partial charge in [-0.1, -0.05) is 12.1 Å². The van der Waals surface area contributed by atoms with Crippen molar-refractivity contribution < 1.29 is 18.3 Å². The van der Waals surface area contributed by atoms with E-state index in [1.807, 2.05) is 32.7 Å². The molecule has 0 atom stereocenters. The first kappa shape index (κ1) is 25.6. The zero-order valence-corrected chi connectivity index (χ0v) is 20.8. The van der Waals surface area contributed by atoms with Crippen molar-refractivity contribution in [3.63, 3.8) is 0 Å². The molecule has 0 unspecified atom stereocenters. The molecule has 3 heterocycles. The number of fused-ring (bicyclic) bond motifs is 1. The standard InChI is InChI=1S/C18H17N5S.C8H7F2NO2/c1-20-13-5-3-11(4-6-13)15-10-24-17-14(8-21-18(19)16(15)17)12-7-22-23(2)9-12;9-8(10)13-7-3-1-6(2-4-7)11-5-12/h3-10,20H,1-2H3,(H2,19,21);1-5,8H,(H,11,12). The highest BCUT2D eigenvalue weighted by Crippen LogP contribution is 2.41. The first-order chi connectivity index (χ1) is 17.9. The minimum atomic E-state index is -2.83. The number of amides is 1. The lowest BCUT2D eigenvalue weighted by molar-refractivity contribution is -0.105. The van der Waals surface area contributed by atoms with Crippen molar-refractivity contribution in [1.29, 1.82) is 0 Å². The van der Waals surface area contributed by atoms with Crippen LogP contribution in [0.15, 0.2) is 72.5 Å². The molecular formula is C26H24F2N6O2S. The van der Waals surface area contributed by atoms with Crippen molar-refractivity contribution in [1.82, 2.24) is 14.8 Å². The summed E-state index contributed by atoms with van der Waals surface area (Å²) < 4.78 is 30.4. The smallest absolute Gasteiger partial charge is 0.387 e. The summed E-state index contributed by atoms with van der Waals surface area (Å²) in [6.45, 7) is -2.83. The number of rotatable bonds is 7. The molecule has 0 spiro atoms. The van der Waals surface area contributed by atoms with Gasteiger partial charge in [-0.25, -0.2) is 4.98 Å². The van der Waals surface area contributed by atoms with E-state index in [1.54, 1.807) is 16.0 Å². The number of nitrogens with two attached hydrogens (primary N) is 1. The Hall–Kier alpha value is -4.51. The van der Waals surface area contributed by atoms with Crippen LogP contribution in [0.2, 0.25) is 0 Å². The second kappa shape index (κ2) is 11.5. The molecule has 190 valence electrons. The SMILES string of the molecule is CNc1ccc(-c2csc3c(-c4cnn(C)c4)cnc(N)c23)cc1.O=CNc1ccc(OC(F)F)cc1. The number of nitrogens with one attached hydrogen (secondary N) is 2. The van der Waals surface area contributed by atoms with Crippen LogP contribution in [0.4, 0.5) is 26.0 Å². The zero-order valence-electron chi connectivity index (χ0n) is 20.0. The molecule has 5 rings (SSSR count). The van der Waals surface area contributed by atoms with Crippen LogP contribution in [0.5, 0.6) is 5.75 Å². The van der Waals surface area contributed by atoms with Gasteiger partial charge in [-0.2, -0.15) is 13.9 Å². The molecule has 0 aliphatic rings. The van der Waals surface area contributed by atoms with Crippen molar-refractivity contribution in [2.24, 2.45) is 7.05 Å². The predicted molar refractivity (Wildman–Crippen MR) is 144 cm³/mol. The number of hydrogen-bond acceptors (Lipinski definition) is 7. The summed E-state index contributed by atoms with van der Waals surface area (Å²) in [4.78, 5) is 14.4. The number of thiophene rings is 1. The van der Waals surface area contributed by atoms with E-state index in [2.05, 4.69) is 55.1 Å². The van der Waals surface area contributed by atoms with Crippen LogP contribution in [0, 0.1) is 0 Å². The topological polar surface area (TPSA) is 107 Å². The number of aromatic nitrogens is 3. The van der Waals surface area contributed by atoms with Crippen LogP contribution >= 0.6 is 11.3 Å². The molecule has 2 aromatic carbocycles.